The lowest BCUT2D eigenvalue weighted by molar-refractivity contribution is -0.195. The highest BCUT2D eigenvalue weighted by Gasteiger charge is 2.69. The topological polar surface area (TPSA) is 161 Å². The molecule has 3 saturated carbocycles. The molecule has 13 unspecified atom stereocenters. The number of aldehydes is 1. The fraction of sp³-hybridized carbons (Fsp3) is 0.644. The standard InChI is InChI=1S/C59H86N2O8/c1-38(2)48-23-24-51(69-56(48)66)49(50-25-27-59(54(50)64)53-44(26-31-62)21-22-46(52(53)41(5)37-63)36-58(59,67)28-30-60-6)18-11-13-39(3)45-20-19-40(4)55(65)61-57(29-32-68-7,47-16-9-8-10-17-47)35-43-15-12-14-42(33-43)34-45/h11-15,18-19,21-24,33,37-38,44-48,50-51,53-56,60-62,64-67H,3,8-10,16-17,20,25-32,34-36H2,1-2,4-7H3. The van der Waals surface area contributed by atoms with E-state index in [1.807, 2.05) is 45.2 Å². The Hall–Kier alpha value is -3.29. The van der Waals surface area contributed by atoms with E-state index in [-0.39, 0.29) is 47.7 Å². The number of hydrogen-bond donors (Lipinski definition) is 7. The van der Waals surface area contributed by atoms with E-state index >= 15 is 0 Å². The minimum atomic E-state index is -1.29. The number of hydrogen-bond acceptors (Lipinski definition) is 10. The van der Waals surface area contributed by atoms with Crippen LogP contribution in [-0.2, 0) is 27.1 Å². The van der Waals surface area contributed by atoms with Gasteiger partial charge in [0.1, 0.15) is 18.6 Å². The van der Waals surface area contributed by atoms with E-state index < -0.39 is 41.7 Å². The molecular weight excluding hydrogens is 865 g/mol. The molecule has 7 rings (SSSR count). The van der Waals surface area contributed by atoms with Crippen molar-refractivity contribution in [2.24, 2.45) is 52.8 Å². The fourth-order valence-corrected chi connectivity index (χ4v) is 14.1. The molecule has 6 aliphatic rings. The first-order valence-electron chi connectivity index (χ1n) is 26.4. The summed E-state index contributed by atoms with van der Waals surface area (Å²) in [4.78, 5) is 12.6. The summed E-state index contributed by atoms with van der Waals surface area (Å²) in [5, 5.41) is 67.2. The molecule has 13 atom stereocenters. The number of methoxy groups -OCH3 is 1. The van der Waals surface area contributed by atoms with E-state index in [0.717, 1.165) is 60.7 Å². The number of aliphatic hydroxyl groups is 5. The number of fused-ring (bicyclic) bond motifs is 5. The minimum Gasteiger partial charge on any atom is -0.396 e. The molecule has 380 valence electrons. The van der Waals surface area contributed by atoms with E-state index in [4.69, 9.17) is 9.47 Å². The van der Waals surface area contributed by atoms with Crippen LogP contribution in [0.4, 0.5) is 0 Å². The highest BCUT2D eigenvalue weighted by atomic mass is 16.6. The minimum absolute atomic E-state index is 0.0257. The van der Waals surface area contributed by atoms with Crippen LogP contribution in [0, 0.1) is 52.8 Å². The van der Waals surface area contributed by atoms with Gasteiger partial charge in [-0.05, 0) is 156 Å². The van der Waals surface area contributed by atoms with Gasteiger partial charge in [0.15, 0.2) is 6.29 Å². The molecule has 1 spiro atoms. The lowest BCUT2D eigenvalue weighted by atomic mass is 9.45. The van der Waals surface area contributed by atoms with Crippen molar-refractivity contribution in [3.05, 3.63) is 118 Å². The summed E-state index contributed by atoms with van der Waals surface area (Å²) in [5.74, 6) is -0.737. The molecule has 69 heavy (non-hydrogen) atoms. The van der Waals surface area contributed by atoms with Gasteiger partial charge in [-0.1, -0.05) is 124 Å². The molecule has 1 aromatic carbocycles. The third-order valence-electron chi connectivity index (χ3n) is 17.9. The van der Waals surface area contributed by atoms with Crippen LogP contribution in [0.3, 0.4) is 0 Å². The predicted molar refractivity (Wildman–Crippen MR) is 275 cm³/mol. The van der Waals surface area contributed by atoms with Crippen LogP contribution in [0.1, 0.15) is 116 Å². The van der Waals surface area contributed by atoms with Gasteiger partial charge in [0.25, 0.3) is 0 Å². The van der Waals surface area contributed by atoms with E-state index in [9.17, 15) is 30.3 Å². The summed E-state index contributed by atoms with van der Waals surface area (Å²) in [6.07, 6.45) is 25.3. The smallest absolute Gasteiger partial charge is 0.162 e. The maximum absolute atomic E-state index is 13.3. The van der Waals surface area contributed by atoms with Crippen molar-refractivity contribution in [3.8, 4) is 0 Å². The maximum Gasteiger partial charge on any atom is 0.162 e. The van der Waals surface area contributed by atoms with Crippen molar-refractivity contribution in [2.75, 3.05) is 33.9 Å². The number of rotatable bonds is 16. The zero-order valence-corrected chi connectivity index (χ0v) is 42.6. The van der Waals surface area contributed by atoms with Gasteiger partial charge >= 0.3 is 0 Å². The Kier molecular flexibility index (Phi) is 18.2. The molecule has 10 nitrogen and oxygen atoms in total. The van der Waals surface area contributed by atoms with E-state index in [1.54, 1.807) is 7.11 Å². The number of nitrogens with one attached hydrogen (secondary N) is 2. The van der Waals surface area contributed by atoms with Crippen LogP contribution in [0.2, 0.25) is 0 Å². The first-order chi connectivity index (χ1) is 33.1. The molecule has 7 N–H and O–H groups in total. The summed E-state index contributed by atoms with van der Waals surface area (Å²) in [7, 11) is 3.63. The van der Waals surface area contributed by atoms with Crippen molar-refractivity contribution in [1.29, 1.82) is 0 Å². The van der Waals surface area contributed by atoms with Gasteiger partial charge in [-0.3, -0.25) is 10.1 Å². The van der Waals surface area contributed by atoms with Gasteiger partial charge in [-0.2, -0.15) is 0 Å². The molecule has 0 radical (unpaired) electrons. The molecule has 4 aliphatic carbocycles. The molecule has 0 amide bonds. The SMILES string of the molecule is C=C(C=CC=C(C1C=CC(C(C)C)C(O)O1)C1CCC2(C1O)C1C(=C(C)C=O)C(C=CC1CCO)CC2(O)CCNC)C1CC=C(C)C(O)NC(CCOC)(C2CCCCC2)Cc2cccc(c2)C1. The summed E-state index contributed by atoms with van der Waals surface area (Å²) in [5.41, 5.74) is 4.10. The first-order valence-corrected chi connectivity index (χ1v) is 26.4. The highest BCUT2D eigenvalue weighted by Crippen LogP contribution is 2.67. The Bertz CT molecular complexity index is 2120. The largest absolute Gasteiger partial charge is 0.396 e. The number of benzene rings is 1. The third-order valence-corrected chi connectivity index (χ3v) is 17.9. The lowest BCUT2D eigenvalue weighted by Crippen LogP contribution is -2.65. The number of aliphatic hydroxyl groups excluding tert-OH is 4. The predicted octanol–water partition coefficient (Wildman–Crippen LogP) is 8.40. The number of allylic oxidation sites excluding steroid dienone is 9. The van der Waals surface area contributed by atoms with Crippen molar-refractivity contribution in [3.63, 3.8) is 0 Å². The summed E-state index contributed by atoms with van der Waals surface area (Å²) in [6, 6.07) is 8.94. The molecule has 3 fully saturated rings. The van der Waals surface area contributed by atoms with Crippen LogP contribution >= 0.6 is 0 Å². The molecule has 0 aromatic heterocycles. The molecule has 10 heteroatoms. The number of carbonyl (C=O) groups is 1. The van der Waals surface area contributed by atoms with Gasteiger partial charge in [0.2, 0.25) is 0 Å². The van der Waals surface area contributed by atoms with Crippen LogP contribution in [-0.4, -0.2) is 102 Å². The molecule has 4 bridgehead atoms. The monoisotopic (exact) mass is 951 g/mol. The average Bonchev–Trinajstić information content (AvgIpc) is 3.68. The van der Waals surface area contributed by atoms with Gasteiger partial charge in [0, 0.05) is 49.0 Å². The first kappa shape index (κ1) is 53.5. The Labute approximate surface area is 413 Å². The molecule has 2 heterocycles. The number of carbonyl (C=O) groups excluding carboxylic acids is 1. The van der Waals surface area contributed by atoms with Crippen molar-refractivity contribution >= 4 is 6.29 Å². The van der Waals surface area contributed by atoms with Crippen LogP contribution in [0.5, 0.6) is 0 Å². The van der Waals surface area contributed by atoms with Gasteiger partial charge < -0.3 is 40.3 Å². The zero-order valence-electron chi connectivity index (χ0n) is 42.6. The van der Waals surface area contributed by atoms with E-state index in [0.29, 0.717) is 63.2 Å². The molecule has 1 aromatic rings. The molecular formula is C59H86N2O8. The van der Waals surface area contributed by atoms with E-state index in [2.05, 4.69) is 79.6 Å². The van der Waals surface area contributed by atoms with Crippen LogP contribution in [0.15, 0.2) is 107 Å². The third kappa shape index (κ3) is 11.2. The Balaban J connectivity index is 1.24. The van der Waals surface area contributed by atoms with Gasteiger partial charge in [0.05, 0.1) is 11.7 Å². The van der Waals surface area contributed by atoms with Crippen molar-refractivity contribution in [1.82, 2.24) is 10.6 Å². The normalized spacial score (nSPS) is 37.4. The van der Waals surface area contributed by atoms with E-state index in [1.165, 1.54) is 30.4 Å². The van der Waals surface area contributed by atoms with Crippen LogP contribution in [0.25, 0.3) is 0 Å². The van der Waals surface area contributed by atoms with Crippen LogP contribution < -0.4 is 10.6 Å². The van der Waals surface area contributed by atoms with Crippen molar-refractivity contribution < 1.29 is 39.8 Å². The Morgan fingerprint density at radius 3 is 2.52 bits per heavy atom. The second-order valence-corrected chi connectivity index (χ2v) is 22.2. The number of ether oxygens (including phenoxy) is 2. The molecule has 0 saturated heterocycles. The van der Waals surface area contributed by atoms with Gasteiger partial charge in [-0.25, -0.2) is 0 Å². The summed E-state index contributed by atoms with van der Waals surface area (Å²) >= 11 is 0. The summed E-state index contributed by atoms with van der Waals surface area (Å²) < 4.78 is 12.2. The second-order valence-electron chi connectivity index (χ2n) is 22.2. The zero-order chi connectivity index (χ0) is 49.5. The quantitative estimate of drug-likeness (QED) is 0.0371. The lowest BCUT2D eigenvalue weighted by Gasteiger charge is -2.61. The maximum atomic E-state index is 13.3. The summed E-state index contributed by atoms with van der Waals surface area (Å²) in [6.45, 7) is 13.8. The Morgan fingerprint density at radius 1 is 1.06 bits per heavy atom. The van der Waals surface area contributed by atoms with Crippen molar-refractivity contribution in [2.45, 2.75) is 153 Å². The van der Waals surface area contributed by atoms with Gasteiger partial charge in [-0.15, -0.1) is 0 Å². The fourth-order valence-electron chi connectivity index (χ4n) is 14.1. The highest BCUT2D eigenvalue weighted by molar-refractivity contribution is 5.74. The average molecular weight is 951 g/mol. The Morgan fingerprint density at radius 2 is 1.83 bits per heavy atom. The molecule has 2 aliphatic heterocycles. The second kappa shape index (κ2) is 23.5.